The molecule has 0 aliphatic heterocycles. The smallest absolute Gasteiger partial charge is 0.224 e. The van der Waals surface area contributed by atoms with Gasteiger partial charge in [0.05, 0.1) is 12.5 Å². The first-order valence-electron chi connectivity index (χ1n) is 4.80. The van der Waals surface area contributed by atoms with Crippen LogP contribution in [0.4, 0.5) is 5.95 Å². The van der Waals surface area contributed by atoms with Gasteiger partial charge in [0, 0.05) is 19.6 Å². The molecular formula is C9H14N6. The molecule has 3 N–H and O–H groups in total. The van der Waals surface area contributed by atoms with E-state index in [1.165, 1.54) is 0 Å². The molecule has 6 nitrogen and oxygen atoms in total. The van der Waals surface area contributed by atoms with Gasteiger partial charge in [-0.15, -0.1) is 0 Å². The van der Waals surface area contributed by atoms with E-state index in [0.29, 0.717) is 12.5 Å². The number of hydrogen-bond acceptors (Lipinski definition) is 5. The van der Waals surface area contributed by atoms with E-state index in [2.05, 4.69) is 20.3 Å². The molecule has 2 aromatic heterocycles. The summed E-state index contributed by atoms with van der Waals surface area (Å²) in [7, 11) is 1.90. The maximum absolute atomic E-state index is 5.63. The van der Waals surface area contributed by atoms with Gasteiger partial charge in [-0.2, -0.15) is 4.98 Å². The topological polar surface area (TPSA) is 81.6 Å². The number of nitrogens with zero attached hydrogens (tertiary/aromatic N) is 4. The maximum atomic E-state index is 5.63. The zero-order valence-electron chi connectivity index (χ0n) is 8.81. The van der Waals surface area contributed by atoms with Crippen LogP contribution in [0.3, 0.4) is 0 Å². The summed E-state index contributed by atoms with van der Waals surface area (Å²) < 4.78 is 1.86. The summed E-state index contributed by atoms with van der Waals surface area (Å²) in [4.78, 5) is 12.6. The first-order chi connectivity index (χ1) is 7.16. The molecular weight excluding hydrogens is 192 g/mol. The molecule has 2 rings (SSSR count). The molecule has 0 saturated carbocycles. The number of rotatable bonds is 3. The second-order valence-electron chi connectivity index (χ2n) is 3.62. The Kier molecular flexibility index (Phi) is 2.51. The van der Waals surface area contributed by atoms with Crippen LogP contribution in [0.5, 0.6) is 0 Å². The summed E-state index contributed by atoms with van der Waals surface area (Å²) in [6.45, 7) is 2.58. The highest BCUT2D eigenvalue weighted by Crippen LogP contribution is 2.09. The minimum absolute atomic E-state index is 0.0795. The van der Waals surface area contributed by atoms with Crippen LogP contribution in [0.15, 0.2) is 12.5 Å². The fourth-order valence-corrected chi connectivity index (χ4v) is 1.26. The van der Waals surface area contributed by atoms with Crippen LogP contribution in [-0.4, -0.2) is 32.1 Å². The Hall–Kier alpha value is -1.69. The lowest BCUT2D eigenvalue weighted by molar-refractivity contribution is 0.773. The summed E-state index contributed by atoms with van der Waals surface area (Å²) in [5.74, 6) is 0.586. The van der Waals surface area contributed by atoms with Gasteiger partial charge in [-0.3, -0.25) is 0 Å². The first kappa shape index (κ1) is 9.85. The largest absolute Gasteiger partial charge is 0.353 e. The lowest BCUT2D eigenvalue weighted by Crippen LogP contribution is -2.25. The molecule has 80 valence electrons. The number of imidazole rings is 1. The molecule has 0 radical (unpaired) electrons. The number of nitrogens with two attached hydrogens (primary N) is 1. The molecule has 0 fully saturated rings. The second-order valence-corrected chi connectivity index (χ2v) is 3.62. The standard InChI is InChI=1S/C9H14N6/c1-6(10)3-11-9-12-4-7-8(14-9)15(2)5-13-7/h4-6H,3,10H2,1-2H3,(H,11,12,14). The van der Waals surface area contributed by atoms with Gasteiger partial charge in [0.25, 0.3) is 0 Å². The number of aryl methyl sites for hydroxylation is 1. The van der Waals surface area contributed by atoms with E-state index in [0.717, 1.165) is 11.2 Å². The SMILES string of the molecule is CC(N)CNc1ncc2ncn(C)c2n1. The van der Waals surface area contributed by atoms with Crippen LogP contribution < -0.4 is 11.1 Å². The van der Waals surface area contributed by atoms with E-state index in [-0.39, 0.29) is 6.04 Å². The van der Waals surface area contributed by atoms with Crippen molar-refractivity contribution in [1.82, 2.24) is 19.5 Å². The molecule has 0 aliphatic rings. The third kappa shape index (κ3) is 2.04. The first-order valence-corrected chi connectivity index (χ1v) is 4.80. The summed E-state index contributed by atoms with van der Waals surface area (Å²) in [5, 5.41) is 3.06. The zero-order valence-corrected chi connectivity index (χ0v) is 8.81. The highest BCUT2D eigenvalue weighted by molar-refractivity contribution is 5.70. The molecule has 1 atom stereocenters. The summed E-state index contributed by atoms with van der Waals surface area (Å²) in [6.07, 6.45) is 3.42. The van der Waals surface area contributed by atoms with Gasteiger partial charge < -0.3 is 15.6 Å². The zero-order chi connectivity index (χ0) is 10.8. The van der Waals surface area contributed by atoms with Crippen molar-refractivity contribution < 1.29 is 0 Å². The van der Waals surface area contributed by atoms with E-state index in [4.69, 9.17) is 5.73 Å². The van der Waals surface area contributed by atoms with Crippen LogP contribution in [0.1, 0.15) is 6.92 Å². The molecule has 0 bridgehead atoms. The van der Waals surface area contributed by atoms with E-state index >= 15 is 0 Å². The Bertz CT molecular complexity index is 461. The summed E-state index contributed by atoms with van der Waals surface area (Å²) >= 11 is 0. The van der Waals surface area contributed by atoms with Gasteiger partial charge in [0.15, 0.2) is 5.65 Å². The van der Waals surface area contributed by atoms with Crippen molar-refractivity contribution in [2.24, 2.45) is 12.8 Å². The maximum Gasteiger partial charge on any atom is 0.224 e. The number of aromatic nitrogens is 4. The molecule has 0 aliphatic carbocycles. The lowest BCUT2D eigenvalue weighted by atomic mass is 10.4. The monoisotopic (exact) mass is 206 g/mol. The molecule has 0 aromatic carbocycles. The number of hydrogen-bond donors (Lipinski definition) is 2. The van der Waals surface area contributed by atoms with Crippen molar-refractivity contribution in [3.05, 3.63) is 12.5 Å². The predicted octanol–water partition coefficient (Wildman–Crippen LogP) is 0.122. The van der Waals surface area contributed by atoms with Crippen molar-refractivity contribution in [2.75, 3.05) is 11.9 Å². The van der Waals surface area contributed by atoms with Gasteiger partial charge >= 0.3 is 0 Å². The Labute approximate surface area is 87.5 Å². The van der Waals surface area contributed by atoms with Crippen molar-refractivity contribution in [3.63, 3.8) is 0 Å². The third-order valence-electron chi connectivity index (χ3n) is 2.04. The Morgan fingerprint density at radius 3 is 3.07 bits per heavy atom. The fourth-order valence-electron chi connectivity index (χ4n) is 1.26. The van der Waals surface area contributed by atoms with E-state index in [9.17, 15) is 0 Å². The number of anilines is 1. The van der Waals surface area contributed by atoms with E-state index in [1.807, 2.05) is 18.5 Å². The van der Waals surface area contributed by atoms with Crippen LogP contribution in [0.25, 0.3) is 11.2 Å². The van der Waals surface area contributed by atoms with Crippen molar-refractivity contribution in [1.29, 1.82) is 0 Å². The van der Waals surface area contributed by atoms with Crippen molar-refractivity contribution >= 4 is 17.1 Å². The molecule has 2 heterocycles. The minimum Gasteiger partial charge on any atom is -0.353 e. The molecule has 2 aromatic rings. The minimum atomic E-state index is 0.0795. The van der Waals surface area contributed by atoms with Crippen LogP contribution in [0, 0.1) is 0 Å². The third-order valence-corrected chi connectivity index (χ3v) is 2.04. The van der Waals surface area contributed by atoms with Crippen LogP contribution >= 0.6 is 0 Å². The van der Waals surface area contributed by atoms with Gasteiger partial charge in [0.2, 0.25) is 5.95 Å². The van der Waals surface area contributed by atoms with Gasteiger partial charge in [-0.1, -0.05) is 0 Å². The lowest BCUT2D eigenvalue weighted by Gasteiger charge is -2.06. The second kappa shape index (κ2) is 3.82. The average Bonchev–Trinajstić information content (AvgIpc) is 2.57. The highest BCUT2D eigenvalue weighted by Gasteiger charge is 2.04. The molecule has 6 heteroatoms. The average molecular weight is 206 g/mol. The number of fused-ring (bicyclic) bond motifs is 1. The fraction of sp³-hybridized carbons (Fsp3) is 0.444. The van der Waals surface area contributed by atoms with Gasteiger partial charge in [0.1, 0.15) is 5.52 Å². The summed E-state index contributed by atoms with van der Waals surface area (Å²) in [6, 6.07) is 0.0795. The van der Waals surface area contributed by atoms with Crippen molar-refractivity contribution in [3.8, 4) is 0 Å². The molecule has 0 amide bonds. The molecule has 1 unspecified atom stereocenters. The highest BCUT2D eigenvalue weighted by atomic mass is 15.2. The Morgan fingerprint density at radius 2 is 2.33 bits per heavy atom. The van der Waals surface area contributed by atoms with Crippen LogP contribution in [-0.2, 0) is 7.05 Å². The molecule has 0 spiro atoms. The van der Waals surface area contributed by atoms with Gasteiger partial charge in [-0.25, -0.2) is 9.97 Å². The Morgan fingerprint density at radius 1 is 1.53 bits per heavy atom. The van der Waals surface area contributed by atoms with Crippen molar-refractivity contribution in [2.45, 2.75) is 13.0 Å². The quantitative estimate of drug-likeness (QED) is 0.745. The predicted molar refractivity (Wildman–Crippen MR) is 58.4 cm³/mol. The number of nitrogens with one attached hydrogen (secondary N) is 1. The van der Waals surface area contributed by atoms with Crippen LogP contribution in [0.2, 0.25) is 0 Å². The summed E-state index contributed by atoms with van der Waals surface area (Å²) in [5.41, 5.74) is 7.24. The van der Waals surface area contributed by atoms with E-state index < -0.39 is 0 Å². The Balaban J connectivity index is 2.25. The molecule has 15 heavy (non-hydrogen) atoms. The van der Waals surface area contributed by atoms with Gasteiger partial charge in [-0.05, 0) is 6.92 Å². The molecule has 0 saturated heterocycles. The normalized spacial score (nSPS) is 13.0. The van der Waals surface area contributed by atoms with E-state index in [1.54, 1.807) is 12.5 Å².